The normalized spacial score (nSPS) is 14.5. The predicted octanol–water partition coefficient (Wildman–Crippen LogP) is 11.7. The second kappa shape index (κ2) is 12.0. The van der Waals surface area contributed by atoms with Crippen molar-refractivity contribution in [1.29, 1.82) is 0 Å². The highest BCUT2D eigenvalue weighted by atomic mass is 16.3. The summed E-state index contributed by atoms with van der Waals surface area (Å²) in [7, 11) is 0. The number of hydrogen-bond acceptors (Lipinski definition) is 4. The van der Waals surface area contributed by atoms with Crippen molar-refractivity contribution in [2.75, 3.05) is 0 Å². The van der Waals surface area contributed by atoms with E-state index >= 15 is 0 Å². The van der Waals surface area contributed by atoms with Crippen molar-refractivity contribution in [3.8, 4) is 22.3 Å². The van der Waals surface area contributed by atoms with Gasteiger partial charge in [-0.05, 0) is 50.4 Å². The van der Waals surface area contributed by atoms with Crippen molar-refractivity contribution in [3.63, 3.8) is 0 Å². The predicted molar refractivity (Wildman–Crippen MR) is 211 cm³/mol. The summed E-state index contributed by atoms with van der Waals surface area (Å²) >= 11 is 0. The van der Waals surface area contributed by atoms with Gasteiger partial charge in [-0.2, -0.15) is 0 Å². The monoisotopic (exact) mass is 653 g/mol. The first kappa shape index (κ1) is 29.2. The molecule has 10 rings (SSSR count). The minimum Gasteiger partial charge on any atom is -0.455 e. The van der Waals surface area contributed by atoms with Gasteiger partial charge in [0.15, 0.2) is 6.17 Å². The second-order valence-electron chi connectivity index (χ2n) is 13.0. The smallest absolute Gasteiger partial charge is 0.170 e. The summed E-state index contributed by atoms with van der Waals surface area (Å²) in [6, 6.07) is 61.6. The minimum absolute atomic E-state index is 0.476. The summed E-state index contributed by atoms with van der Waals surface area (Å²) in [5.74, 6) is 1.58. The van der Waals surface area contributed by atoms with E-state index in [1.165, 1.54) is 32.7 Å². The number of nitrogens with one attached hydrogen (secondary N) is 1. The molecule has 1 aliphatic rings. The zero-order chi connectivity index (χ0) is 33.7. The van der Waals surface area contributed by atoms with E-state index in [4.69, 9.17) is 14.4 Å². The maximum Gasteiger partial charge on any atom is 0.170 e. The molecule has 0 fully saturated rings. The van der Waals surface area contributed by atoms with Crippen molar-refractivity contribution in [2.24, 2.45) is 9.98 Å². The van der Waals surface area contributed by atoms with Gasteiger partial charge in [0.05, 0.1) is 0 Å². The zero-order valence-electron chi connectivity index (χ0n) is 27.6. The Bertz CT molecular complexity index is 2820. The molecule has 0 saturated heterocycles. The van der Waals surface area contributed by atoms with Crippen LogP contribution in [0.25, 0.3) is 65.7 Å². The number of furan rings is 1. The SMILES string of the molecule is c1ccc(C2=NC(c3cccc4oc5c(-c6ccc(-c7cccc8ccccc78)cc6)cccc5c34)N=C(c3ccc4ccccc4c3)N2)cc1. The Balaban J connectivity index is 1.09. The Morgan fingerprint density at radius 2 is 1.04 bits per heavy atom. The average molecular weight is 654 g/mol. The highest BCUT2D eigenvalue weighted by molar-refractivity contribution is 6.17. The lowest BCUT2D eigenvalue weighted by molar-refractivity contribution is 0.668. The van der Waals surface area contributed by atoms with Crippen molar-refractivity contribution >= 4 is 55.2 Å². The molecule has 1 unspecified atom stereocenters. The Morgan fingerprint density at radius 3 is 1.88 bits per heavy atom. The molecule has 1 N–H and O–H groups in total. The van der Waals surface area contributed by atoms with Gasteiger partial charge in [0.1, 0.15) is 22.8 Å². The van der Waals surface area contributed by atoms with E-state index in [2.05, 4.69) is 151 Å². The molecule has 0 amide bonds. The van der Waals surface area contributed by atoms with E-state index in [1.54, 1.807) is 0 Å². The van der Waals surface area contributed by atoms with Crippen LogP contribution in [-0.4, -0.2) is 11.7 Å². The molecule has 0 aliphatic carbocycles. The molecule has 0 spiro atoms. The number of fused-ring (bicyclic) bond motifs is 5. The van der Waals surface area contributed by atoms with Gasteiger partial charge in [0, 0.05) is 33.0 Å². The number of aliphatic imine (C=N–C) groups is 2. The van der Waals surface area contributed by atoms with Crippen LogP contribution in [0.4, 0.5) is 0 Å². The zero-order valence-corrected chi connectivity index (χ0v) is 27.6. The fourth-order valence-electron chi connectivity index (χ4n) is 7.44. The van der Waals surface area contributed by atoms with Crippen LogP contribution in [0.15, 0.2) is 190 Å². The number of nitrogens with zero attached hydrogens (tertiary/aromatic N) is 2. The maximum absolute atomic E-state index is 6.70. The molecular weight excluding hydrogens is 623 g/mol. The summed E-state index contributed by atoms with van der Waals surface area (Å²) < 4.78 is 6.70. The van der Waals surface area contributed by atoms with Gasteiger partial charge < -0.3 is 9.73 Å². The Kier molecular flexibility index (Phi) is 6.85. The molecule has 1 atom stereocenters. The van der Waals surface area contributed by atoms with Gasteiger partial charge in [0.2, 0.25) is 0 Å². The van der Waals surface area contributed by atoms with Gasteiger partial charge in [-0.1, -0.05) is 164 Å². The molecule has 240 valence electrons. The summed E-state index contributed by atoms with van der Waals surface area (Å²) in [4.78, 5) is 10.5. The lowest BCUT2D eigenvalue weighted by Crippen LogP contribution is -2.36. The molecule has 0 radical (unpaired) electrons. The van der Waals surface area contributed by atoms with Crippen LogP contribution in [0.2, 0.25) is 0 Å². The second-order valence-corrected chi connectivity index (χ2v) is 13.0. The lowest BCUT2D eigenvalue weighted by Gasteiger charge is -2.23. The van der Waals surface area contributed by atoms with Gasteiger partial charge in [-0.25, -0.2) is 9.98 Å². The van der Waals surface area contributed by atoms with Gasteiger partial charge in [0.25, 0.3) is 0 Å². The number of rotatable bonds is 5. The fourth-order valence-corrected chi connectivity index (χ4v) is 7.44. The number of amidine groups is 2. The quantitative estimate of drug-likeness (QED) is 0.201. The van der Waals surface area contributed by atoms with E-state index in [-0.39, 0.29) is 0 Å². The molecule has 0 bridgehead atoms. The molecule has 9 aromatic rings. The van der Waals surface area contributed by atoms with E-state index in [1.807, 2.05) is 30.3 Å². The molecular formula is C47H31N3O. The molecule has 1 aliphatic heterocycles. The topological polar surface area (TPSA) is 49.9 Å². The van der Waals surface area contributed by atoms with E-state index in [0.29, 0.717) is 0 Å². The number of hydrogen-bond donors (Lipinski definition) is 1. The third kappa shape index (κ3) is 5.08. The van der Waals surface area contributed by atoms with Gasteiger partial charge in [-0.3, -0.25) is 0 Å². The van der Waals surface area contributed by atoms with E-state index in [0.717, 1.165) is 61.4 Å². The average Bonchev–Trinajstić information content (AvgIpc) is 3.60. The minimum atomic E-state index is -0.476. The van der Waals surface area contributed by atoms with Crippen LogP contribution in [-0.2, 0) is 0 Å². The third-order valence-electron chi connectivity index (χ3n) is 9.94. The van der Waals surface area contributed by atoms with Crippen molar-refractivity contribution < 1.29 is 4.42 Å². The molecule has 1 aromatic heterocycles. The summed E-state index contributed by atoms with van der Waals surface area (Å²) in [5, 5.41) is 10.5. The first-order valence-electron chi connectivity index (χ1n) is 17.3. The molecule has 2 heterocycles. The third-order valence-corrected chi connectivity index (χ3v) is 9.94. The number of para-hydroxylation sites is 1. The highest BCUT2D eigenvalue weighted by Gasteiger charge is 2.25. The van der Waals surface area contributed by atoms with Crippen molar-refractivity contribution in [2.45, 2.75) is 6.17 Å². The Morgan fingerprint density at radius 1 is 0.431 bits per heavy atom. The van der Waals surface area contributed by atoms with Crippen LogP contribution in [0.1, 0.15) is 22.9 Å². The van der Waals surface area contributed by atoms with Crippen LogP contribution in [0, 0.1) is 0 Å². The highest BCUT2D eigenvalue weighted by Crippen LogP contribution is 2.41. The molecule has 51 heavy (non-hydrogen) atoms. The van der Waals surface area contributed by atoms with Gasteiger partial charge in [-0.15, -0.1) is 0 Å². The first-order valence-corrected chi connectivity index (χ1v) is 17.3. The fraction of sp³-hybridized carbons (Fsp3) is 0.0213. The van der Waals surface area contributed by atoms with E-state index in [9.17, 15) is 0 Å². The molecule has 8 aromatic carbocycles. The number of benzene rings is 8. The largest absolute Gasteiger partial charge is 0.455 e. The summed E-state index contributed by atoms with van der Waals surface area (Å²) in [6.45, 7) is 0. The Hall–Kier alpha value is -6.78. The summed E-state index contributed by atoms with van der Waals surface area (Å²) in [6.07, 6.45) is -0.476. The standard InChI is InChI=1S/C47H31N3O/c1-2-13-34(14-3-1)45-48-46(36-28-23-30-11-4-5-15-35(30)29-36)50-47(49-45)41-21-10-22-42-43(41)40-20-9-19-39(44(40)51-42)33-26-24-32(25-27-33)38-18-8-16-31-12-6-7-17-37(31)38/h1-29,47H,(H,48,49,50). The van der Waals surface area contributed by atoms with Crippen molar-refractivity contribution in [1.82, 2.24) is 5.32 Å². The molecule has 4 nitrogen and oxygen atoms in total. The van der Waals surface area contributed by atoms with E-state index < -0.39 is 6.17 Å². The van der Waals surface area contributed by atoms with Gasteiger partial charge >= 0.3 is 0 Å². The van der Waals surface area contributed by atoms with Crippen LogP contribution in [0.3, 0.4) is 0 Å². The van der Waals surface area contributed by atoms with Crippen LogP contribution in [0.5, 0.6) is 0 Å². The first-order chi connectivity index (χ1) is 25.3. The summed E-state index contributed by atoms with van der Waals surface area (Å²) in [5.41, 5.74) is 9.28. The van der Waals surface area contributed by atoms with Crippen LogP contribution >= 0.6 is 0 Å². The van der Waals surface area contributed by atoms with Crippen LogP contribution < -0.4 is 5.32 Å². The molecule has 0 saturated carbocycles. The lowest BCUT2D eigenvalue weighted by atomic mass is 9.95. The van der Waals surface area contributed by atoms with Crippen molar-refractivity contribution in [3.05, 3.63) is 193 Å². The Labute approximate surface area is 295 Å². The molecule has 4 heteroatoms. The maximum atomic E-state index is 6.70.